The number of carbonyl (C=O) groups is 1. The predicted molar refractivity (Wildman–Crippen MR) is 76.6 cm³/mol. The van der Waals surface area contributed by atoms with Gasteiger partial charge in [0.1, 0.15) is 5.82 Å². The standard InChI is InChI=1S/C12H20N4O3S/c1-4-14-10-7-9(5-6-15-10)20(18,19)16-8-12(2,3)11(13)17/h5-7,16H,4,8H2,1-3H3,(H2,13,17)(H,14,15). The van der Waals surface area contributed by atoms with Crippen LogP contribution in [-0.2, 0) is 14.8 Å². The van der Waals surface area contributed by atoms with E-state index in [1.807, 2.05) is 6.92 Å². The molecule has 0 fully saturated rings. The molecule has 112 valence electrons. The number of aromatic nitrogens is 1. The number of pyridine rings is 1. The smallest absolute Gasteiger partial charge is 0.240 e. The third kappa shape index (κ3) is 4.17. The van der Waals surface area contributed by atoms with E-state index in [1.54, 1.807) is 13.8 Å². The van der Waals surface area contributed by atoms with Crippen molar-refractivity contribution in [3.05, 3.63) is 18.3 Å². The van der Waals surface area contributed by atoms with Crippen molar-refractivity contribution in [1.29, 1.82) is 0 Å². The Morgan fingerprint density at radius 1 is 1.45 bits per heavy atom. The Kier molecular flexibility index (Phi) is 5.07. The Balaban J connectivity index is 2.89. The van der Waals surface area contributed by atoms with E-state index >= 15 is 0 Å². The first-order valence-electron chi connectivity index (χ1n) is 6.18. The molecular formula is C12H20N4O3S. The van der Waals surface area contributed by atoms with E-state index in [0.717, 1.165) is 0 Å². The first-order chi connectivity index (χ1) is 9.19. The lowest BCUT2D eigenvalue weighted by molar-refractivity contribution is -0.125. The maximum atomic E-state index is 12.1. The molecule has 1 heterocycles. The summed E-state index contributed by atoms with van der Waals surface area (Å²) in [5.41, 5.74) is 4.25. The SMILES string of the molecule is CCNc1cc(S(=O)(=O)NCC(C)(C)C(N)=O)ccn1. The fourth-order valence-corrected chi connectivity index (χ4v) is 2.53. The summed E-state index contributed by atoms with van der Waals surface area (Å²) >= 11 is 0. The molecule has 0 spiro atoms. The molecular weight excluding hydrogens is 280 g/mol. The largest absolute Gasteiger partial charge is 0.370 e. The Morgan fingerprint density at radius 2 is 2.10 bits per heavy atom. The Bertz CT molecular complexity index is 584. The number of hydrogen-bond donors (Lipinski definition) is 3. The van der Waals surface area contributed by atoms with Crippen molar-refractivity contribution in [2.45, 2.75) is 25.7 Å². The monoisotopic (exact) mass is 300 g/mol. The summed E-state index contributed by atoms with van der Waals surface area (Å²) in [6.45, 7) is 5.61. The molecule has 1 amide bonds. The fourth-order valence-electron chi connectivity index (χ4n) is 1.30. The summed E-state index contributed by atoms with van der Waals surface area (Å²) in [6, 6.07) is 2.82. The van der Waals surface area contributed by atoms with Crippen molar-refractivity contribution in [3.8, 4) is 0 Å². The Morgan fingerprint density at radius 3 is 2.65 bits per heavy atom. The van der Waals surface area contributed by atoms with E-state index < -0.39 is 21.3 Å². The van der Waals surface area contributed by atoms with Crippen LogP contribution in [0.15, 0.2) is 23.2 Å². The summed E-state index contributed by atoms with van der Waals surface area (Å²) in [7, 11) is -3.71. The zero-order chi connectivity index (χ0) is 15.4. The van der Waals surface area contributed by atoms with Gasteiger partial charge in [0, 0.05) is 25.4 Å². The van der Waals surface area contributed by atoms with Crippen molar-refractivity contribution in [2.75, 3.05) is 18.4 Å². The maximum Gasteiger partial charge on any atom is 0.240 e. The van der Waals surface area contributed by atoms with Gasteiger partial charge in [0.15, 0.2) is 0 Å². The highest BCUT2D eigenvalue weighted by Gasteiger charge is 2.27. The van der Waals surface area contributed by atoms with E-state index in [2.05, 4.69) is 15.0 Å². The first-order valence-corrected chi connectivity index (χ1v) is 7.67. The number of carbonyl (C=O) groups excluding carboxylic acids is 1. The predicted octanol–water partition coefficient (Wildman–Crippen LogP) is 0.303. The minimum Gasteiger partial charge on any atom is -0.370 e. The molecule has 1 aromatic heterocycles. The van der Waals surface area contributed by atoms with Gasteiger partial charge in [-0.05, 0) is 26.8 Å². The van der Waals surface area contributed by atoms with E-state index in [9.17, 15) is 13.2 Å². The second-order valence-corrected chi connectivity index (χ2v) is 6.75. The van der Waals surface area contributed by atoms with Gasteiger partial charge in [0.2, 0.25) is 15.9 Å². The van der Waals surface area contributed by atoms with Crippen molar-refractivity contribution in [2.24, 2.45) is 11.1 Å². The number of primary amides is 1. The highest BCUT2D eigenvalue weighted by Crippen LogP contribution is 2.16. The summed E-state index contributed by atoms with van der Waals surface area (Å²) in [4.78, 5) is 15.3. The number of nitrogens with one attached hydrogen (secondary N) is 2. The lowest BCUT2D eigenvalue weighted by atomic mass is 9.93. The van der Waals surface area contributed by atoms with Crippen LogP contribution in [-0.4, -0.2) is 32.4 Å². The molecule has 0 bridgehead atoms. The van der Waals surface area contributed by atoms with Gasteiger partial charge >= 0.3 is 0 Å². The lowest BCUT2D eigenvalue weighted by Gasteiger charge is -2.20. The van der Waals surface area contributed by atoms with Gasteiger partial charge < -0.3 is 11.1 Å². The number of sulfonamides is 1. The summed E-state index contributed by atoms with van der Waals surface area (Å²) in [6.07, 6.45) is 1.41. The minimum atomic E-state index is -3.71. The van der Waals surface area contributed by atoms with E-state index in [-0.39, 0.29) is 11.4 Å². The Hall–Kier alpha value is -1.67. The number of nitrogens with two attached hydrogens (primary N) is 1. The average Bonchev–Trinajstić information content (AvgIpc) is 2.37. The van der Waals surface area contributed by atoms with E-state index in [4.69, 9.17) is 5.73 Å². The van der Waals surface area contributed by atoms with Crippen molar-refractivity contribution < 1.29 is 13.2 Å². The number of amides is 1. The van der Waals surface area contributed by atoms with Crippen LogP contribution in [0.2, 0.25) is 0 Å². The second-order valence-electron chi connectivity index (χ2n) is 4.98. The van der Waals surface area contributed by atoms with Gasteiger partial charge in [0.05, 0.1) is 10.3 Å². The highest BCUT2D eigenvalue weighted by atomic mass is 32.2. The summed E-state index contributed by atoms with van der Waals surface area (Å²) < 4.78 is 26.7. The first kappa shape index (κ1) is 16.4. The zero-order valence-electron chi connectivity index (χ0n) is 11.8. The van der Waals surface area contributed by atoms with Crippen molar-refractivity contribution in [3.63, 3.8) is 0 Å². The fraction of sp³-hybridized carbons (Fsp3) is 0.500. The molecule has 1 rings (SSSR count). The molecule has 0 saturated carbocycles. The topological polar surface area (TPSA) is 114 Å². The average molecular weight is 300 g/mol. The lowest BCUT2D eigenvalue weighted by Crippen LogP contribution is -2.42. The molecule has 4 N–H and O–H groups in total. The second kappa shape index (κ2) is 6.19. The molecule has 0 aliphatic rings. The molecule has 20 heavy (non-hydrogen) atoms. The molecule has 0 saturated heterocycles. The molecule has 0 aliphatic carbocycles. The van der Waals surface area contributed by atoms with E-state index in [1.165, 1.54) is 18.3 Å². The van der Waals surface area contributed by atoms with Crippen LogP contribution in [0.5, 0.6) is 0 Å². The third-order valence-corrected chi connectivity index (χ3v) is 4.17. The number of nitrogens with zero attached hydrogens (tertiary/aromatic N) is 1. The van der Waals surface area contributed by atoms with Gasteiger partial charge in [-0.3, -0.25) is 4.79 Å². The van der Waals surface area contributed by atoms with Crippen LogP contribution in [0.3, 0.4) is 0 Å². The van der Waals surface area contributed by atoms with Crippen LogP contribution in [0, 0.1) is 5.41 Å². The maximum absolute atomic E-state index is 12.1. The Labute approximate surface area is 119 Å². The van der Waals surface area contributed by atoms with Gasteiger partial charge in [-0.2, -0.15) is 0 Å². The zero-order valence-corrected chi connectivity index (χ0v) is 12.6. The van der Waals surface area contributed by atoms with Crippen LogP contribution < -0.4 is 15.8 Å². The van der Waals surface area contributed by atoms with Gasteiger partial charge in [-0.25, -0.2) is 18.1 Å². The highest BCUT2D eigenvalue weighted by molar-refractivity contribution is 7.89. The molecule has 0 unspecified atom stereocenters. The third-order valence-electron chi connectivity index (χ3n) is 2.77. The molecule has 8 heteroatoms. The molecule has 0 atom stereocenters. The van der Waals surface area contributed by atoms with E-state index in [0.29, 0.717) is 12.4 Å². The van der Waals surface area contributed by atoms with Gasteiger partial charge in [-0.1, -0.05) is 0 Å². The molecule has 1 aromatic rings. The molecule has 0 radical (unpaired) electrons. The van der Waals surface area contributed by atoms with Crippen molar-refractivity contribution >= 4 is 21.7 Å². The van der Waals surface area contributed by atoms with Crippen LogP contribution >= 0.6 is 0 Å². The number of rotatable bonds is 7. The molecule has 7 nitrogen and oxygen atoms in total. The normalized spacial score (nSPS) is 12.2. The molecule has 0 aliphatic heterocycles. The quantitative estimate of drug-likeness (QED) is 0.670. The van der Waals surface area contributed by atoms with Crippen LogP contribution in [0.1, 0.15) is 20.8 Å². The number of anilines is 1. The van der Waals surface area contributed by atoms with Crippen molar-refractivity contribution in [1.82, 2.24) is 9.71 Å². The van der Waals surface area contributed by atoms with Gasteiger partial charge in [-0.15, -0.1) is 0 Å². The van der Waals surface area contributed by atoms with Crippen LogP contribution in [0.25, 0.3) is 0 Å². The summed E-state index contributed by atoms with van der Waals surface area (Å²) in [5.74, 6) is -0.0900. The minimum absolute atomic E-state index is 0.0659. The summed E-state index contributed by atoms with van der Waals surface area (Å²) in [5, 5.41) is 2.93. The van der Waals surface area contributed by atoms with Gasteiger partial charge in [0.25, 0.3) is 0 Å². The number of hydrogen-bond acceptors (Lipinski definition) is 5. The molecule has 0 aromatic carbocycles. The van der Waals surface area contributed by atoms with Crippen LogP contribution in [0.4, 0.5) is 5.82 Å².